The van der Waals surface area contributed by atoms with Crippen molar-refractivity contribution in [3.05, 3.63) is 45.4 Å². The second-order valence-corrected chi connectivity index (χ2v) is 6.42. The van der Waals surface area contributed by atoms with Gasteiger partial charge in [0.05, 0.1) is 11.8 Å². The Morgan fingerprint density at radius 2 is 2.26 bits per heavy atom. The third-order valence-electron chi connectivity index (χ3n) is 3.67. The zero-order valence-corrected chi connectivity index (χ0v) is 13.4. The van der Waals surface area contributed by atoms with Gasteiger partial charge in [-0.05, 0) is 43.5 Å². The predicted molar refractivity (Wildman–Crippen MR) is 86.1 cm³/mol. The summed E-state index contributed by atoms with van der Waals surface area (Å²) >= 11 is 1.33. The van der Waals surface area contributed by atoms with E-state index in [4.69, 9.17) is 9.84 Å². The number of carbonyl (C=O) groups is 2. The number of carbonyl (C=O) groups excluding carboxylic acids is 1. The molecule has 1 aromatic carbocycles. The van der Waals surface area contributed by atoms with E-state index < -0.39 is 5.97 Å². The van der Waals surface area contributed by atoms with Crippen molar-refractivity contribution in [1.29, 1.82) is 0 Å². The minimum atomic E-state index is -0.982. The van der Waals surface area contributed by atoms with Crippen LogP contribution in [-0.4, -0.2) is 28.6 Å². The summed E-state index contributed by atoms with van der Waals surface area (Å²) in [5.74, 6) is -1.24. The van der Waals surface area contributed by atoms with Crippen LogP contribution in [0.1, 0.15) is 49.5 Å². The van der Waals surface area contributed by atoms with E-state index in [9.17, 15) is 9.59 Å². The Bertz CT molecular complexity index is 750. The van der Waals surface area contributed by atoms with Crippen LogP contribution in [0.3, 0.4) is 0 Å². The lowest BCUT2D eigenvalue weighted by molar-refractivity contribution is 0.0696. The third-order valence-corrected chi connectivity index (χ3v) is 4.76. The number of ether oxygens (including phenoxy) is 1. The van der Waals surface area contributed by atoms with Crippen molar-refractivity contribution >= 4 is 28.9 Å². The molecular formula is C16H16N2O4S. The molecule has 1 aliphatic rings. The number of nitrogens with one attached hydrogen (secondary N) is 1. The number of benzene rings is 1. The lowest BCUT2D eigenvalue weighted by atomic mass is 10.1. The number of hydrogen-bond donors (Lipinski definition) is 2. The molecule has 0 bridgehead atoms. The highest BCUT2D eigenvalue weighted by Gasteiger charge is 2.22. The molecule has 7 heteroatoms. The van der Waals surface area contributed by atoms with E-state index in [0.717, 1.165) is 24.5 Å². The van der Waals surface area contributed by atoms with Crippen molar-refractivity contribution in [2.24, 2.45) is 0 Å². The fourth-order valence-corrected chi connectivity index (χ4v) is 3.39. The molecule has 23 heavy (non-hydrogen) atoms. The molecule has 0 aliphatic carbocycles. The number of aromatic nitrogens is 1. The number of carboxylic acids is 1. The van der Waals surface area contributed by atoms with Crippen LogP contribution in [0.4, 0.5) is 5.69 Å². The van der Waals surface area contributed by atoms with Gasteiger partial charge in [0.25, 0.3) is 5.91 Å². The molecule has 120 valence electrons. The highest BCUT2D eigenvalue weighted by Crippen LogP contribution is 2.31. The molecule has 2 heterocycles. The molecule has 1 aliphatic heterocycles. The molecule has 1 fully saturated rings. The first kappa shape index (κ1) is 15.6. The highest BCUT2D eigenvalue weighted by molar-refractivity contribution is 7.13. The number of hydrogen-bond acceptors (Lipinski definition) is 5. The number of nitrogens with zero attached hydrogens (tertiary/aromatic N) is 1. The third kappa shape index (κ3) is 3.40. The molecule has 1 saturated heterocycles. The molecule has 1 amide bonds. The van der Waals surface area contributed by atoms with E-state index in [1.165, 1.54) is 17.4 Å². The Kier molecular flexibility index (Phi) is 4.40. The van der Waals surface area contributed by atoms with E-state index in [-0.39, 0.29) is 17.6 Å². The quantitative estimate of drug-likeness (QED) is 0.897. The minimum absolute atomic E-state index is 0.00126. The van der Waals surface area contributed by atoms with Crippen molar-refractivity contribution in [3.63, 3.8) is 0 Å². The molecule has 0 saturated carbocycles. The first-order valence-electron chi connectivity index (χ1n) is 7.27. The van der Waals surface area contributed by atoms with Crippen LogP contribution in [0.5, 0.6) is 0 Å². The maximum Gasteiger partial charge on any atom is 0.335 e. The molecule has 2 N–H and O–H groups in total. The zero-order chi connectivity index (χ0) is 16.4. The van der Waals surface area contributed by atoms with Crippen LogP contribution >= 0.6 is 11.3 Å². The number of thiazole rings is 1. The average molecular weight is 332 g/mol. The zero-order valence-electron chi connectivity index (χ0n) is 12.5. The number of rotatable bonds is 4. The van der Waals surface area contributed by atoms with Gasteiger partial charge in [0.1, 0.15) is 16.0 Å². The van der Waals surface area contributed by atoms with Gasteiger partial charge in [-0.1, -0.05) is 0 Å². The lowest BCUT2D eigenvalue weighted by Gasteiger charge is -2.07. The van der Waals surface area contributed by atoms with Crippen molar-refractivity contribution in [2.45, 2.75) is 25.9 Å². The maximum atomic E-state index is 12.3. The molecule has 0 spiro atoms. The maximum absolute atomic E-state index is 12.3. The summed E-state index contributed by atoms with van der Waals surface area (Å²) in [5.41, 5.74) is 1.38. The van der Waals surface area contributed by atoms with E-state index >= 15 is 0 Å². The molecule has 1 aromatic heterocycles. The largest absolute Gasteiger partial charge is 0.478 e. The van der Waals surface area contributed by atoms with Gasteiger partial charge in [-0.3, -0.25) is 4.79 Å². The van der Waals surface area contributed by atoms with Gasteiger partial charge < -0.3 is 15.2 Å². The molecule has 0 unspecified atom stereocenters. The number of aromatic carboxylic acids is 1. The average Bonchev–Trinajstić information content (AvgIpc) is 3.18. The normalized spacial score (nSPS) is 17.2. The van der Waals surface area contributed by atoms with Crippen LogP contribution < -0.4 is 5.32 Å². The molecule has 6 nitrogen and oxygen atoms in total. The molecule has 2 aromatic rings. The van der Waals surface area contributed by atoms with Gasteiger partial charge in [-0.25, -0.2) is 9.78 Å². The Morgan fingerprint density at radius 1 is 1.43 bits per heavy atom. The smallest absolute Gasteiger partial charge is 0.335 e. The van der Waals surface area contributed by atoms with Gasteiger partial charge in [-0.2, -0.15) is 0 Å². The summed E-state index contributed by atoms with van der Waals surface area (Å²) < 4.78 is 5.56. The van der Waals surface area contributed by atoms with Gasteiger partial charge in [0.15, 0.2) is 0 Å². The first-order chi connectivity index (χ1) is 11.0. The summed E-state index contributed by atoms with van der Waals surface area (Å²) in [6, 6.07) is 4.71. The number of amides is 1. The molecular weight excluding hydrogens is 316 g/mol. The van der Waals surface area contributed by atoms with Crippen LogP contribution in [0.15, 0.2) is 24.4 Å². The van der Waals surface area contributed by atoms with Crippen LogP contribution in [0.25, 0.3) is 0 Å². The van der Waals surface area contributed by atoms with Gasteiger partial charge in [0, 0.05) is 12.3 Å². The fourth-order valence-electron chi connectivity index (χ4n) is 2.49. The predicted octanol–water partition coefficient (Wildman–Crippen LogP) is 3.25. The van der Waals surface area contributed by atoms with Crippen molar-refractivity contribution in [2.75, 3.05) is 11.9 Å². The number of anilines is 1. The summed E-state index contributed by atoms with van der Waals surface area (Å²) in [5, 5.41) is 12.6. The minimum Gasteiger partial charge on any atom is -0.478 e. The first-order valence-corrected chi connectivity index (χ1v) is 8.09. The molecule has 0 radical (unpaired) electrons. The topological polar surface area (TPSA) is 88.5 Å². The van der Waals surface area contributed by atoms with Gasteiger partial charge >= 0.3 is 5.97 Å². The Morgan fingerprint density at radius 3 is 2.91 bits per heavy atom. The highest BCUT2D eigenvalue weighted by atomic mass is 32.1. The van der Waals surface area contributed by atoms with Crippen molar-refractivity contribution in [1.82, 2.24) is 4.98 Å². The van der Waals surface area contributed by atoms with E-state index in [2.05, 4.69) is 10.3 Å². The summed E-state index contributed by atoms with van der Waals surface area (Å²) in [4.78, 5) is 28.1. The van der Waals surface area contributed by atoms with Crippen LogP contribution in [-0.2, 0) is 4.74 Å². The Balaban J connectivity index is 1.71. The van der Waals surface area contributed by atoms with E-state index in [0.29, 0.717) is 16.1 Å². The monoisotopic (exact) mass is 332 g/mol. The number of carboxylic acid groups (broad SMARTS) is 1. The number of aryl methyl sites for hydroxylation is 1. The summed E-state index contributed by atoms with van der Waals surface area (Å²) in [6.07, 6.45) is 3.50. The molecule has 1 atom stereocenters. The van der Waals surface area contributed by atoms with E-state index in [1.807, 2.05) is 0 Å². The van der Waals surface area contributed by atoms with Gasteiger partial charge in [-0.15, -0.1) is 11.3 Å². The van der Waals surface area contributed by atoms with Crippen molar-refractivity contribution in [3.8, 4) is 0 Å². The Hall–Kier alpha value is -2.25. The van der Waals surface area contributed by atoms with Crippen LogP contribution in [0.2, 0.25) is 0 Å². The SMILES string of the molecule is Cc1cc(NC(=O)c2cnc([C@H]3CCCO3)s2)ccc1C(=O)O. The van der Waals surface area contributed by atoms with Crippen LogP contribution in [0, 0.1) is 6.92 Å². The summed E-state index contributed by atoms with van der Waals surface area (Å²) in [6.45, 7) is 2.43. The second-order valence-electron chi connectivity index (χ2n) is 5.35. The fraction of sp³-hybridized carbons (Fsp3) is 0.312. The van der Waals surface area contributed by atoms with Gasteiger partial charge in [0.2, 0.25) is 0 Å². The van der Waals surface area contributed by atoms with E-state index in [1.54, 1.807) is 25.3 Å². The second kappa shape index (κ2) is 6.47. The lowest BCUT2D eigenvalue weighted by Crippen LogP contribution is -2.11. The Labute approximate surface area is 137 Å². The molecule has 3 rings (SSSR count). The standard InChI is InChI=1S/C16H16N2O4S/c1-9-7-10(4-5-11(9)16(20)21)18-14(19)13-8-17-15(23-13)12-3-2-6-22-12/h4-5,7-8,12H,2-3,6H2,1H3,(H,18,19)(H,20,21)/t12-/m1/s1. The summed E-state index contributed by atoms with van der Waals surface area (Å²) in [7, 11) is 0. The van der Waals surface area contributed by atoms with Crippen molar-refractivity contribution < 1.29 is 19.4 Å².